The molecule has 23 heavy (non-hydrogen) atoms. The van der Waals surface area contributed by atoms with E-state index in [0.29, 0.717) is 5.75 Å². The first kappa shape index (κ1) is 17.0. The van der Waals surface area contributed by atoms with Gasteiger partial charge in [0, 0.05) is 24.5 Å². The minimum atomic E-state index is -0.976. The van der Waals surface area contributed by atoms with E-state index in [1.54, 1.807) is 12.1 Å². The topological polar surface area (TPSA) is 62.7 Å². The average Bonchev–Trinajstić information content (AvgIpc) is 2.49. The number of aromatic nitrogens is 1. The number of rotatable bonds is 7. The number of ether oxygens (including phenoxy) is 1. The van der Waals surface area contributed by atoms with Gasteiger partial charge in [0.05, 0.1) is 0 Å². The maximum absolute atomic E-state index is 10.5. The van der Waals surface area contributed by atoms with Crippen LogP contribution in [0.2, 0.25) is 0 Å². The second-order valence-electron chi connectivity index (χ2n) is 5.70. The third-order valence-corrected chi connectivity index (χ3v) is 3.51. The van der Waals surface area contributed by atoms with Crippen molar-refractivity contribution in [1.82, 2.24) is 9.88 Å². The number of carboxylic acid groups (broad SMARTS) is 1. The third-order valence-electron chi connectivity index (χ3n) is 3.51. The van der Waals surface area contributed by atoms with Gasteiger partial charge in [-0.1, -0.05) is 18.2 Å². The summed E-state index contributed by atoms with van der Waals surface area (Å²) in [5, 5.41) is 8.59. The lowest BCUT2D eigenvalue weighted by molar-refractivity contribution is -0.139. The molecular formula is C18H22N2O3. The van der Waals surface area contributed by atoms with Crippen LogP contribution >= 0.6 is 0 Å². The van der Waals surface area contributed by atoms with Gasteiger partial charge in [-0.05, 0) is 50.2 Å². The van der Waals surface area contributed by atoms with E-state index in [1.165, 1.54) is 5.56 Å². The Morgan fingerprint density at radius 2 is 1.83 bits per heavy atom. The van der Waals surface area contributed by atoms with Crippen LogP contribution in [0, 0.1) is 13.8 Å². The van der Waals surface area contributed by atoms with Crippen LogP contribution in [0.25, 0.3) is 0 Å². The highest BCUT2D eigenvalue weighted by atomic mass is 16.5. The number of aryl methyl sites for hydroxylation is 2. The van der Waals surface area contributed by atoms with E-state index >= 15 is 0 Å². The molecular weight excluding hydrogens is 292 g/mol. The highest BCUT2D eigenvalue weighted by Gasteiger charge is 2.06. The van der Waals surface area contributed by atoms with Crippen molar-refractivity contribution in [2.45, 2.75) is 26.9 Å². The summed E-state index contributed by atoms with van der Waals surface area (Å²) in [4.78, 5) is 17.2. The molecule has 0 spiro atoms. The number of benzene rings is 1. The molecule has 0 unspecified atom stereocenters. The summed E-state index contributed by atoms with van der Waals surface area (Å²) in [6.45, 7) is 5.33. The molecule has 0 aliphatic heterocycles. The Balaban J connectivity index is 1.92. The lowest BCUT2D eigenvalue weighted by Crippen LogP contribution is -2.18. The molecule has 0 aliphatic rings. The van der Waals surface area contributed by atoms with Crippen molar-refractivity contribution in [1.29, 1.82) is 0 Å². The molecule has 0 bridgehead atoms. The van der Waals surface area contributed by atoms with Crippen LogP contribution < -0.4 is 4.74 Å². The Morgan fingerprint density at radius 3 is 2.43 bits per heavy atom. The monoisotopic (exact) mass is 314 g/mol. The molecule has 1 aromatic heterocycles. The van der Waals surface area contributed by atoms with Crippen LogP contribution in [0.4, 0.5) is 0 Å². The predicted octanol–water partition coefficient (Wildman–Crippen LogP) is 2.79. The second-order valence-corrected chi connectivity index (χ2v) is 5.70. The molecule has 0 fully saturated rings. The van der Waals surface area contributed by atoms with Gasteiger partial charge in [-0.25, -0.2) is 4.79 Å². The fourth-order valence-corrected chi connectivity index (χ4v) is 2.38. The van der Waals surface area contributed by atoms with Gasteiger partial charge < -0.3 is 9.84 Å². The minimum Gasteiger partial charge on any atom is -0.482 e. The summed E-state index contributed by atoms with van der Waals surface area (Å²) in [7, 11) is 2.06. The molecule has 0 radical (unpaired) electrons. The molecule has 1 aromatic carbocycles. The Labute approximate surface area is 136 Å². The number of carboxylic acids is 1. The molecule has 0 aliphatic carbocycles. The first-order valence-corrected chi connectivity index (χ1v) is 7.49. The van der Waals surface area contributed by atoms with E-state index in [-0.39, 0.29) is 6.61 Å². The zero-order valence-electron chi connectivity index (χ0n) is 13.7. The maximum atomic E-state index is 10.5. The molecule has 5 heteroatoms. The van der Waals surface area contributed by atoms with Crippen molar-refractivity contribution in [2.75, 3.05) is 13.7 Å². The molecule has 2 aromatic rings. The SMILES string of the molecule is Cc1ccc(CN(C)Cc2ccc(OCC(=O)O)cc2)c(C)n1. The molecule has 1 N–H and O–H groups in total. The summed E-state index contributed by atoms with van der Waals surface area (Å²) < 4.78 is 5.13. The number of carbonyl (C=O) groups is 1. The summed E-state index contributed by atoms with van der Waals surface area (Å²) >= 11 is 0. The highest BCUT2D eigenvalue weighted by molar-refractivity contribution is 5.68. The van der Waals surface area contributed by atoms with Gasteiger partial charge in [-0.15, -0.1) is 0 Å². The lowest BCUT2D eigenvalue weighted by Gasteiger charge is -2.18. The van der Waals surface area contributed by atoms with Crippen LogP contribution in [0.5, 0.6) is 5.75 Å². The van der Waals surface area contributed by atoms with Crippen molar-refractivity contribution >= 4 is 5.97 Å². The molecule has 2 rings (SSSR count). The van der Waals surface area contributed by atoms with Crippen molar-refractivity contribution < 1.29 is 14.6 Å². The molecule has 0 atom stereocenters. The van der Waals surface area contributed by atoms with Gasteiger partial charge in [-0.2, -0.15) is 0 Å². The molecule has 1 heterocycles. The van der Waals surface area contributed by atoms with Gasteiger partial charge in [0.1, 0.15) is 5.75 Å². The Morgan fingerprint density at radius 1 is 1.13 bits per heavy atom. The largest absolute Gasteiger partial charge is 0.482 e. The zero-order chi connectivity index (χ0) is 16.8. The molecule has 122 valence electrons. The molecule has 0 saturated heterocycles. The molecule has 5 nitrogen and oxygen atoms in total. The third kappa shape index (κ3) is 5.38. The Bertz CT molecular complexity index is 668. The van der Waals surface area contributed by atoms with Gasteiger partial charge in [0.2, 0.25) is 0 Å². The first-order chi connectivity index (χ1) is 10.9. The lowest BCUT2D eigenvalue weighted by atomic mass is 10.1. The van der Waals surface area contributed by atoms with E-state index in [0.717, 1.165) is 30.0 Å². The van der Waals surface area contributed by atoms with E-state index in [4.69, 9.17) is 9.84 Å². The summed E-state index contributed by atoms with van der Waals surface area (Å²) in [5.74, 6) is -0.409. The number of pyridine rings is 1. The Hall–Kier alpha value is -2.40. The number of nitrogens with zero attached hydrogens (tertiary/aromatic N) is 2. The van der Waals surface area contributed by atoms with E-state index in [2.05, 4.69) is 23.0 Å². The normalized spacial score (nSPS) is 10.8. The van der Waals surface area contributed by atoms with E-state index in [9.17, 15) is 4.79 Å². The average molecular weight is 314 g/mol. The van der Waals surface area contributed by atoms with E-state index in [1.807, 2.05) is 32.0 Å². The van der Waals surface area contributed by atoms with Gasteiger partial charge >= 0.3 is 5.97 Å². The van der Waals surface area contributed by atoms with Crippen LogP contribution in [0.3, 0.4) is 0 Å². The maximum Gasteiger partial charge on any atom is 0.341 e. The fraction of sp³-hybridized carbons (Fsp3) is 0.333. The van der Waals surface area contributed by atoms with Gasteiger partial charge in [0.15, 0.2) is 6.61 Å². The summed E-state index contributed by atoms with van der Waals surface area (Å²) in [6, 6.07) is 11.7. The van der Waals surface area contributed by atoms with Crippen molar-refractivity contribution in [3.63, 3.8) is 0 Å². The standard InChI is InChI=1S/C18H22N2O3/c1-13-4-7-16(14(2)19-13)11-20(3)10-15-5-8-17(9-6-15)23-12-18(21)22/h4-9H,10-12H2,1-3H3,(H,21,22). The number of hydrogen-bond donors (Lipinski definition) is 1. The van der Waals surface area contributed by atoms with E-state index < -0.39 is 5.97 Å². The quantitative estimate of drug-likeness (QED) is 0.851. The van der Waals surface area contributed by atoms with Crippen LogP contribution in [-0.2, 0) is 17.9 Å². The van der Waals surface area contributed by atoms with Crippen molar-refractivity contribution in [2.24, 2.45) is 0 Å². The van der Waals surface area contributed by atoms with Crippen molar-refractivity contribution in [3.05, 3.63) is 58.9 Å². The van der Waals surface area contributed by atoms with Crippen molar-refractivity contribution in [3.8, 4) is 5.75 Å². The molecule has 0 saturated carbocycles. The summed E-state index contributed by atoms with van der Waals surface area (Å²) in [5.41, 5.74) is 4.47. The minimum absolute atomic E-state index is 0.320. The van der Waals surface area contributed by atoms with Crippen LogP contribution in [-0.4, -0.2) is 34.6 Å². The van der Waals surface area contributed by atoms with Gasteiger partial charge in [0.25, 0.3) is 0 Å². The van der Waals surface area contributed by atoms with Crippen LogP contribution in [0.15, 0.2) is 36.4 Å². The predicted molar refractivity (Wildman–Crippen MR) is 88.5 cm³/mol. The Kier molecular flexibility index (Phi) is 5.71. The summed E-state index contributed by atoms with van der Waals surface area (Å²) in [6.07, 6.45) is 0. The fourth-order valence-electron chi connectivity index (χ4n) is 2.38. The smallest absolute Gasteiger partial charge is 0.341 e. The van der Waals surface area contributed by atoms with Gasteiger partial charge in [-0.3, -0.25) is 9.88 Å². The number of hydrogen-bond acceptors (Lipinski definition) is 4. The highest BCUT2D eigenvalue weighted by Crippen LogP contribution is 2.15. The number of aliphatic carboxylic acids is 1. The van der Waals surface area contributed by atoms with Crippen LogP contribution in [0.1, 0.15) is 22.5 Å². The first-order valence-electron chi connectivity index (χ1n) is 7.49. The molecule has 0 amide bonds. The zero-order valence-corrected chi connectivity index (χ0v) is 13.7. The second kappa shape index (κ2) is 7.74.